The first-order chi connectivity index (χ1) is 9.30. The van der Waals surface area contributed by atoms with Crippen molar-refractivity contribution in [2.24, 2.45) is 11.1 Å². The van der Waals surface area contributed by atoms with Crippen LogP contribution in [0.1, 0.15) is 38.2 Å². The van der Waals surface area contributed by atoms with Gasteiger partial charge in [0.15, 0.2) is 0 Å². The van der Waals surface area contributed by atoms with Crippen LogP contribution < -0.4 is 11.3 Å². The Bertz CT molecular complexity index is 654. The van der Waals surface area contributed by atoms with Crippen LogP contribution in [0.25, 0.3) is 11.3 Å². The molecule has 0 aliphatic rings. The van der Waals surface area contributed by atoms with E-state index in [1.165, 1.54) is 0 Å². The second-order valence-corrected chi connectivity index (χ2v) is 6.13. The Morgan fingerprint density at radius 2 is 1.80 bits per heavy atom. The third-order valence-corrected chi connectivity index (χ3v) is 3.44. The quantitative estimate of drug-likeness (QED) is 0.882. The minimum absolute atomic E-state index is 0.131. The van der Waals surface area contributed by atoms with Crippen LogP contribution in [0.5, 0.6) is 0 Å². The Morgan fingerprint density at radius 1 is 1.20 bits per heavy atom. The second-order valence-electron chi connectivity index (χ2n) is 6.13. The normalized spacial score (nSPS) is 13.2. The number of rotatable bonds is 2. The van der Waals surface area contributed by atoms with Crippen molar-refractivity contribution >= 4 is 0 Å². The maximum absolute atomic E-state index is 12.1. The minimum Gasteiger partial charge on any atom is -0.321 e. The van der Waals surface area contributed by atoms with E-state index < -0.39 is 0 Å². The van der Waals surface area contributed by atoms with Crippen LogP contribution >= 0.6 is 0 Å². The summed E-state index contributed by atoms with van der Waals surface area (Å²) in [5.41, 5.74) is 8.15. The van der Waals surface area contributed by atoms with E-state index in [1.807, 2.05) is 51.1 Å². The van der Waals surface area contributed by atoms with Crippen molar-refractivity contribution in [3.8, 4) is 11.3 Å². The molecule has 0 saturated heterocycles. The summed E-state index contributed by atoms with van der Waals surface area (Å²) in [6.45, 7) is 7.86. The first-order valence-electron chi connectivity index (χ1n) is 6.72. The highest BCUT2D eigenvalue weighted by Gasteiger charge is 2.25. The lowest BCUT2D eigenvalue weighted by molar-refractivity contribution is 0.315. The molecule has 1 atom stereocenters. The zero-order valence-corrected chi connectivity index (χ0v) is 12.4. The number of H-pyrrole nitrogens is 1. The number of aromatic nitrogens is 2. The molecule has 1 heterocycles. The highest BCUT2D eigenvalue weighted by molar-refractivity contribution is 5.62. The maximum atomic E-state index is 12.1. The molecule has 1 aromatic carbocycles. The summed E-state index contributed by atoms with van der Waals surface area (Å²) in [4.78, 5) is 19.5. The van der Waals surface area contributed by atoms with E-state index in [4.69, 9.17) is 5.73 Å². The van der Waals surface area contributed by atoms with Gasteiger partial charge in [0.1, 0.15) is 5.82 Å². The molecule has 1 aromatic heterocycles. The summed E-state index contributed by atoms with van der Waals surface area (Å²) in [6.07, 6.45) is 0. The number of aromatic amines is 1. The fraction of sp³-hybridized carbons (Fsp3) is 0.375. The van der Waals surface area contributed by atoms with Crippen LogP contribution in [-0.4, -0.2) is 9.97 Å². The smallest absolute Gasteiger partial charge is 0.254 e. The number of nitrogens with one attached hydrogen (secondary N) is 1. The van der Waals surface area contributed by atoms with Gasteiger partial charge in [0.05, 0.1) is 11.7 Å². The molecule has 4 heteroatoms. The lowest BCUT2D eigenvalue weighted by Gasteiger charge is -2.26. The standard InChI is InChI=1S/C16H21N3O/c1-10-12(11-8-6-5-7-9-11)18-14(19-15(10)20)13(17)16(2,3)4/h5-9,13H,17H2,1-4H3,(H,18,19,20). The number of benzene rings is 1. The second kappa shape index (κ2) is 5.21. The van der Waals surface area contributed by atoms with Gasteiger partial charge >= 0.3 is 0 Å². The topological polar surface area (TPSA) is 71.8 Å². The van der Waals surface area contributed by atoms with Crippen LogP contribution in [0, 0.1) is 12.3 Å². The molecular weight excluding hydrogens is 250 g/mol. The monoisotopic (exact) mass is 271 g/mol. The lowest BCUT2D eigenvalue weighted by atomic mass is 9.87. The van der Waals surface area contributed by atoms with Gasteiger partial charge in [-0.2, -0.15) is 0 Å². The van der Waals surface area contributed by atoms with Gasteiger partial charge < -0.3 is 10.7 Å². The van der Waals surface area contributed by atoms with E-state index >= 15 is 0 Å². The van der Waals surface area contributed by atoms with Gasteiger partial charge in [0.2, 0.25) is 0 Å². The molecule has 0 saturated carbocycles. The SMILES string of the molecule is Cc1c(-c2ccccc2)nc(C(N)C(C)(C)C)[nH]c1=O. The molecule has 0 amide bonds. The zero-order valence-electron chi connectivity index (χ0n) is 12.4. The summed E-state index contributed by atoms with van der Waals surface area (Å²) in [5.74, 6) is 0.534. The Balaban J connectivity index is 2.60. The highest BCUT2D eigenvalue weighted by Crippen LogP contribution is 2.29. The van der Waals surface area contributed by atoms with Gasteiger partial charge in [0.25, 0.3) is 5.56 Å². The molecule has 106 valence electrons. The van der Waals surface area contributed by atoms with Crippen molar-refractivity contribution in [1.29, 1.82) is 0 Å². The summed E-state index contributed by atoms with van der Waals surface area (Å²) >= 11 is 0. The Hall–Kier alpha value is -1.94. The molecule has 20 heavy (non-hydrogen) atoms. The van der Waals surface area contributed by atoms with Gasteiger partial charge in [-0.3, -0.25) is 4.79 Å². The van der Waals surface area contributed by atoms with Gasteiger partial charge in [-0.25, -0.2) is 4.98 Å². The van der Waals surface area contributed by atoms with Crippen molar-refractivity contribution in [2.45, 2.75) is 33.7 Å². The van der Waals surface area contributed by atoms with Gasteiger partial charge in [-0.05, 0) is 12.3 Å². The predicted octanol–water partition coefficient (Wildman–Crippen LogP) is 2.79. The third kappa shape index (κ3) is 2.80. The number of hydrogen-bond donors (Lipinski definition) is 2. The highest BCUT2D eigenvalue weighted by atomic mass is 16.1. The Morgan fingerprint density at radius 3 is 2.35 bits per heavy atom. The van der Waals surface area contributed by atoms with Crippen LogP contribution in [0.2, 0.25) is 0 Å². The average molecular weight is 271 g/mol. The maximum Gasteiger partial charge on any atom is 0.254 e. The molecule has 0 aliphatic carbocycles. The minimum atomic E-state index is -0.321. The molecule has 2 rings (SSSR count). The Labute approximate surface area is 119 Å². The van der Waals surface area contributed by atoms with Crippen molar-refractivity contribution in [2.75, 3.05) is 0 Å². The van der Waals surface area contributed by atoms with Crippen LogP contribution in [0.4, 0.5) is 0 Å². The van der Waals surface area contributed by atoms with E-state index in [0.29, 0.717) is 17.1 Å². The van der Waals surface area contributed by atoms with E-state index in [2.05, 4.69) is 9.97 Å². The van der Waals surface area contributed by atoms with Crippen molar-refractivity contribution < 1.29 is 0 Å². The van der Waals surface area contributed by atoms with Crippen molar-refractivity contribution in [3.05, 3.63) is 52.1 Å². The largest absolute Gasteiger partial charge is 0.321 e. The lowest BCUT2D eigenvalue weighted by Crippen LogP contribution is -2.31. The van der Waals surface area contributed by atoms with Crippen LogP contribution in [0.15, 0.2) is 35.1 Å². The first kappa shape index (κ1) is 14.5. The third-order valence-electron chi connectivity index (χ3n) is 3.44. The molecule has 3 N–H and O–H groups in total. The summed E-state index contributed by atoms with van der Waals surface area (Å²) in [6, 6.07) is 9.37. The molecule has 0 fully saturated rings. The van der Waals surface area contributed by atoms with Crippen molar-refractivity contribution in [3.63, 3.8) is 0 Å². The fourth-order valence-electron chi connectivity index (χ4n) is 1.98. The fourth-order valence-corrected chi connectivity index (χ4v) is 1.98. The summed E-state index contributed by atoms with van der Waals surface area (Å²) in [7, 11) is 0. The van der Waals surface area contributed by atoms with Crippen LogP contribution in [-0.2, 0) is 0 Å². The molecule has 0 aliphatic heterocycles. The van der Waals surface area contributed by atoms with E-state index in [9.17, 15) is 4.79 Å². The zero-order chi connectivity index (χ0) is 14.9. The van der Waals surface area contributed by atoms with E-state index in [0.717, 1.165) is 5.56 Å². The molecule has 4 nitrogen and oxygen atoms in total. The molecule has 1 unspecified atom stereocenters. The van der Waals surface area contributed by atoms with Gasteiger partial charge in [-0.15, -0.1) is 0 Å². The van der Waals surface area contributed by atoms with Crippen molar-refractivity contribution in [1.82, 2.24) is 9.97 Å². The summed E-state index contributed by atoms with van der Waals surface area (Å²) < 4.78 is 0. The molecule has 0 spiro atoms. The first-order valence-corrected chi connectivity index (χ1v) is 6.72. The van der Waals surface area contributed by atoms with Gasteiger partial charge in [0, 0.05) is 11.1 Å². The average Bonchev–Trinajstić information content (AvgIpc) is 2.41. The molecule has 2 aromatic rings. The molecular formula is C16H21N3O. The Kier molecular flexibility index (Phi) is 3.77. The summed E-state index contributed by atoms with van der Waals surface area (Å²) in [5, 5.41) is 0. The van der Waals surface area contributed by atoms with E-state index in [-0.39, 0.29) is 17.0 Å². The van der Waals surface area contributed by atoms with Gasteiger partial charge in [-0.1, -0.05) is 51.1 Å². The van der Waals surface area contributed by atoms with Crippen LogP contribution in [0.3, 0.4) is 0 Å². The molecule has 0 radical (unpaired) electrons. The number of nitrogens with two attached hydrogens (primary N) is 1. The van der Waals surface area contributed by atoms with E-state index in [1.54, 1.807) is 6.92 Å². The molecule has 0 bridgehead atoms. The predicted molar refractivity (Wildman–Crippen MR) is 81.4 cm³/mol. The number of hydrogen-bond acceptors (Lipinski definition) is 3. The number of nitrogens with zero attached hydrogens (tertiary/aromatic N) is 1.